The van der Waals surface area contributed by atoms with Gasteiger partial charge in [0.25, 0.3) is 0 Å². The Bertz CT molecular complexity index is 714. The Morgan fingerprint density at radius 1 is 1.39 bits per heavy atom. The molecule has 1 heterocycles. The van der Waals surface area contributed by atoms with E-state index in [0.29, 0.717) is 5.01 Å². The lowest BCUT2D eigenvalue weighted by Gasteiger charge is -2.28. The Balaban J connectivity index is 2.26. The summed E-state index contributed by atoms with van der Waals surface area (Å²) in [4.78, 5) is 4.34. The van der Waals surface area contributed by atoms with Crippen molar-refractivity contribution in [2.75, 3.05) is 0 Å². The summed E-state index contributed by atoms with van der Waals surface area (Å²) in [5, 5.41) is 9.47. The largest absolute Gasteiger partial charge is 0.226 e. The van der Waals surface area contributed by atoms with Gasteiger partial charge in [-0.25, -0.2) is 4.98 Å². The predicted molar refractivity (Wildman–Crippen MR) is 75.5 cm³/mol. The van der Waals surface area contributed by atoms with Crippen molar-refractivity contribution in [2.24, 2.45) is 5.41 Å². The Morgan fingerprint density at radius 2 is 2.17 bits per heavy atom. The molecule has 0 bridgehead atoms. The van der Waals surface area contributed by atoms with Gasteiger partial charge in [0.1, 0.15) is 6.07 Å². The number of thiazole rings is 1. The molecule has 0 fully saturated rings. The van der Waals surface area contributed by atoms with Crippen molar-refractivity contribution < 1.29 is 0 Å². The highest BCUT2D eigenvalue weighted by molar-refractivity contribution is 7.19. The van der Waals surface area contributed by atoms with Crippen LogP contribution in [0.25, 0.3) is 15.8 Å². The van der Waals surface area contributed by atoms with Crippen molar-refractivity contribution in [2.45, 2.75) is 27.2 Å². The van der Waals surface area contributed by atoms with Crippen LogP contribution in [0.1, 0.15) is 36.9 Å². The second kappa shape index (κ2) is 3.66. The van der Waals surface area contributed by atoms with Gasteiger partial charge < -0.3 is 0 Å². The summed E-state index contributed by atoms with van der Waals surface area (Å²) >= 11 is 1.48. The van der Waals surface area contributed by atoms with Crippen LogP contribution in [0.2, 0.25) is 0 Å². The molecule has 18 heavy (non-hydrogen) atoms. The van der Waals surface area contributed by atoms with Gasteiger partial charge in [-0.1, -0.05) is 19.9 Å². The number of allylic oxidation sites excluding steroid dienone is 2. The number of aromatic nitrogens is 1. The lowest BCUT2D eigenvalue weighted by Crippen LogP contribution is -2.17. The first-order chi connectivity index (χ1) is 8.48. The van der Waals surface area contributed by atoms with Gasteiger partial charge in [-0.2, -0.15) is 5.26 Å². The molecule has 3 heteroatoms. The van der Waals surface area contributed by atoms with E-state index in [1.54, 1.807) is 0 Å². The maximum Gasteiger partial charge on any atom is 0.195 e. The molecule has 1 aromatic carbocycles. The van der Waals surface area contributed by atoms with Crippen molar-refractivity contribution in [1.29, 1.82) is 5.26 Å². The average molecular weight is 254 g/mol. The zero-order valence-corrected chi connectivity index (χ0v) is 11.6. The minimum absolute atomic E-state index is 0.216. The quantitative estimate of drug-likeness (QED) is 0.708. The highest BCUT2D eigenvalue weighted by Crippen LogP contribution is 2.38. The third kappa shape index (κ3) is 1.74. The number of rotatable bonds is 0. The van der Waals surface area contributed by atoms with E-state index in [0.717, 1.165) is 16.6 Å². The van der Waals surface area contributed by atoms with Gasteiger partial charge in [-0.05, 0) is 47.6 Å². The number of benzene rings is 1. The van der Waals surface area contributed by atoms with E-state index < -0.39 is 0 Å². The molecular weight excluding hydrogens is 240 g/mol. The van der Waals surface area contributed by atoms with E-state index in [-0.39, 0.29) is 5.41 Å². The maximum absolute atomic E-state index is 8.93. The Labute approximate surface area is 111 Å². The van der Waals surface area contributed by atoms with E-state index in [2.05, 4.69) is 50.0 Å². The van der Waals surface area contributed by atoms with Gasteiger partial charge in [-0.15, -0.1) is 11.3 Å². The van der Waals surface area contributed by atoms with Crippen LogP contribution in [0.4, 0.5) is 0 Å². The fraction of sp³-hybridized carbons (Fsp3) is 0.333. The summed E-state index contributed by atoms with van der Waals surface area (Å²) < 4.78 is 1.12. The highest BCUT2D eigenvalue weighted by Gasteiger charge is 2.24. The van der Waals surface area contributed by atoms with Crippen molar-refractivity contribution in [3.05, 3.63) is 34.3 Å². The summed E-state index contributed by atoms with van der Waals surface area (Å²) in [7, 11) is 0. The molecule has 1 aliphatic carbocycles. The molecule has 90 valence electrons. The van der Waals surface area contributed by atoms with Gasteiger partial charge >= 0.3 is 0 Å². The van der Waals surface area contributed by atoms with E-state index in [9.17, 15) is 0 Å². The molecule has 0 saturated heterocycles. The summed E-state index contributed by atoms with van der Waals surface area (Å²) in [6.07, 6.45) is 3.38. The summed E-state index contributed by atoms with van der Waals surface area (Å²) in [5.74, 6) is 0. The van der Waals surface area contributed by atoms with Crippen molar-refractivity contribution in [3.8, 4) is 6.07 Å². The standard InChI is InChI=1S/C15H14N2S/c1-9-6-15(2,3)7-10-4-13-12(5-11(9)10)17-14(8-16)18-13/h4-6H,7H2,1-3H3. The number of fused-ring (bicyclic) bond motifs is 2. The van der Waals surface area contributed by atoms with Gasteiger partial charge in [0, 0.05) is 0 Å². The Morgan fingerprint density at radius 3 is 2.89 bits per heavy atom. The minimum atomic E-state index is 0.216. The van der Waals surface area contributed by atoms with Gasteiger partial charge in [0.2, 0.25) is 0 Å². The third-order valence-electron chi connectivity index (χ3n) is 3.39. The van der Waals surface area contributed by atoms with Crippen LogP contribution in [0.15, 0.2) is 18.2 Å². The van der Waals surface area contributed by atoms with Crippen LogP contribution in [-0.4, -0.2) is 4.98 Å². The molecule has 0 amide bonds. The normalized spacial score (nSPS) is 17.1. The Kier molecular flexibility index (Phi) is 2.33. The van der Waals surface area contributed by atoms with Gasteiger partial charge in [0.15, 0.2) is 5.01 Å². The fourth-order valence-electron chi connectivity index (χ4n) is 2.78. The molecule has 0 saturated carbocycles. The fourth-order valence-corrected chi connectivity index (χ4v) is 3.59. The molecule has 2 aromatic rings. The topological polar surface area (TPSA) is 36.7 Å². The van der Waals surface area contributed by atoms with Crippen molar-refractivity contribution in [3.63, 3.8) is 0 Å². The lowest BCUT2D eigenvalue weighted by molar-refractivity contribution is 0.473. The van der Waals surface area contributed by atoms with Crippen LogP contribution < -0.4 is 0 Å². The van der Waals surface area contributed by atoms with Crippen LogP contribution >= 0.6 is 11.3 Å². The Hall–Kier alpha value is -1.66. The first-order valence-electron chi connectivity index (χ1n) is 6.02. The van der Waals surface area contributed by atoms with Crippen LogP contribution in [0.3, 0.4) is 0 Å². The van der Waals surface area contributed by atoms with Crippen molar-refractivity contribution >= 4 is 27.1 Å². The molecule has 0 spiro atoms. The smallest absolute Gasteiger partial charge is 0.195 e. The van der Waals surface area contributed by atoms with E-state index >= 15 is 0 Å². The molecule has 0 unspecified atom stereocenters. The summed E-state index contributed by atoms with van der Waals surface area (Å²) in [6.45, 7) is 6.68. The molecule has 3 rings (SSSR count). The number of nitriles is 1. The van der Waals surface area contributed by atoms with E-state index in [4.69, 9.17) is 5.26 Å². The molecule has 1 aromatic heterocycles. The van der Waals surface area contributed by atoms with Gasteiger partial charge in [0.05, 0.1) is 10.2 Å². The number of hydrogen-bond acceptors (Lipinski definition) is 3. The zero-order valence-electron chi connectivity index (χ0n) is 10.7. The summed E-state index contributed by atoms with van der Waals surface area (Å²) in [5.41, 5.74) is 5.14. The van der Waals surface area contributed by atoms with Crippen LogP contribution in [-0.2, 0) is 6.42 Å². The number of hydrogen-bond donors (Lipinski definition) is 0. The molecule has 0 N–H and O–H groups in total. The third-order valence-corrected chi connectivity index (χ3v) is 4.31. The predicted octanol–water partition coefficient (Wildman–Crippen LogP) is 4.15. The average Bonchev–Trinajstić information content (AvgIpc) is 2.67. The molecular formula is C15H14N2S. The van der Waals surface area contributed by atoms with E-state index in [1.807, 2.05) is 0 Å². The van der Waals surface area contributed by atoms with Crippen LogP contribution in [0, 0.1) is 16.7 Å². The van der Waals surface area contributed by atoms with Crippen LogP contribution in [0.5, 0.6) is 0 Å². The first kappa shape index (κ1) is 11.4. The second-order valence-corrected chi connectivity index (χ2v) is 6.63. The van der Waals surface area contributed by atoms with Crippen molar-refractivity contribution in [1.82, 2.24) is 4.98 Å². The molecule has 0 atom stereocenters. The maximum atomic E-state index is 8.93. The summed E-state index contributed by atoms with van der Waals surface area (Å²) in [6, 6.07) is 6.47. The molecule has 0 aliphatic heterocycles. The lowest BCUT2D eigenvalue weighted by atomic mass is 9.76. The molecule has 2 nitrogen and oxygen atoms in total. The minimum Gasteiger partial charge on any atom is -0.226 e. The number of nitrogens with zero attached hydrogens (tertiary/aromatic N) is 2. The zero-order chi connectivity index (χ0) is 12.9. The molecule has 1 aliphatic rings. The molecule has 0 radical (unpaired) electrons. The first-order valence-corrected chi connectivity index (χ1v) is 6.83. The monoisotopic (exact) mass is 254 g/mol. The van der Waals surface area contributed by atoms with Gasteiger partial charge in [-0.3, -0.25) is 0 Å². The highest BCUT2D eigenvalue weighted by atomic mass is 32.1. The van der Waals surface area contributed by atoms with E-state index in [1.165, 1.54) is 28.0 Å². The second-order valence-electron chi connectivity index (χ2n) is 5.60. The SMILES string of the molecule is CC1=CC(C)(C)Cc2cc3sc(C#N)nc3cc21.